The van der Waals surface area contributed by atoms with Crippen molar-refractivity contribution in [2.45, 2.75) is 6.92 Å². The molecule has 0 fully saturated rings. The molecule has 0 atom stereocenters. The van der Waals surface area contributed by atoms with E-state index in [0.29, 0.717) is 5.69 Å². The quantitative estimate of drug-likeness (QED) is 0.674. The lowest BCUT2D eigenvalue weighted by Gasteiger charge is -1.95. The first-order valence-corrected chi connectivity index (χ1v) is 3.84. The monoisotopic (exact) mass is 160 g/mol. The largest absolute Gasteiger partial charge is 0.397 e. The van der Waals surface area contributed by atoms with Gasteiger partial charge in [0, 0.05) is 6.20 Å². The standard InChI is InChI=1S/C10H12N2/c1-2-3-4-7-10-9(11)6-5-8-12-10/h2-8H,11H2,1H3/b3-2-,7-4-. The molecule has 0 aromatic carbocycles. The molecule has 1 aromatic heterocycles. The number of nitrogens with zero attached hydrogens (tertiary/aromatic N) is 1. The van der Waals surface area contributed by atoms with Gasteiger partial charge in [-0.3, -0.25) is 4.98 Å². The van der Waals surface area contributed by atoms with Gasteiger partial charge >= 0.3 is 0 Å². The van der Waals surface area contributed by atoms with Gasteiger partial charge in [-0.15, -0.1) is 0 Å². The summed E-state index contributed by atoms with van der Waals surface area (Å²) in [6.07, 6.45) is 9.42. The lowest BCUT2D eigenvalue weighted by atomic mass is 10.3. The SMILES string of the molecule is C/C=C\C=C/c1ncccc1N. The molecule has 1 aromatic rings. The molecule has 2 N–H and O–H groups in total. The molecule has 0 amide bonds. The number of allylic oxidation sites excluding steroid dienone is 3. The van der Waals surface area contributed by atoms with Gasteiger partial charge in [-0.2, -0.15) is 0 Å². The zero-order valence-electron chi connectivity index (χ0n) is 7.07. The van der Waals surface area contributed by atoms with Crippen molar-refractivity contribution in [2.24, 2.45) is 0 Å². The second kappa shape index (κ2) is 4.34. The summed E-state index contributed by atoms with van der Waals surface area (Å²) >= 11 is 0. The Hall–Kier alpha value is -1.57. The van der Waals surface area contributed by atoms with Gasteiger partial charge < -0.3 is 5.73 Å². The molecule has 62 valence electrons. The van der Waals surface area contributed by atoms with Crippen LogP contribution in [0.15, 0.2) is 36.6 Å². The van der Waals surface area contributed by atoms with Crippen LogP contribution in [0, 0.1) is 0 Å². The van der Waals surface area contributed by atoms with Crippen molar-refractivity contribution in [3.05, 3.63) is 42.3 Å². The highest BCUT2D eigenvalue weighted by Crippen LogP contribution is 2.08. The number of pyridine rings is 1. The fraction of sp³-hybridized carbons (Fsp3) is 0.100. The molecule has 0 radical (unpaired) electrons. The molecular formula is C10H12N2. The van der Waals surface area contributed by atoms with Gasteiger partial charge in [-0.25, -0.2) is 0 Å². The van der Waals surface area contributed by atoms with Crippen LogP contribution < -0.4 is 5.73 Å². The van der Waals surface area contributed by atoms with Gasteiger partial charge in [-0.1, -0.05) is 18.2 Å². The Labute approximate surface area is 72.4 Å². The summed E-state index contributed by atoms with van der Waals surface area (Å²) in [4.78, 5) is 4.10. The van der Waals surface area contributed by atoms with Crippen LogP contribution in [-0.4, -0.2) is 4.98 Å². The van der Waals surface area contributed by atoms with Crippen LogP contribution in [0.2, 0.25) is 0 Å². The van der Waals surface area contributed by atoms with Gasteiger partial charge in [0.1, 0.15) is 0 Å². The Balaban J connectivity index is 2.82. The van der Waals surface area contributed by atoms with Crippen molar-refractivity contribution in [1.29, 1.82) is 0 Å². The minimum Gasteiger partial charge on any atom is -0.397 e. The number of hydrogen-bond donors (Lipinski definition) is 1. The smallest absolute Gasteiger partial charge is 0.0858 e. The van der Waals surface area contributed by atoms with Crippen LogP contribution in [0.25, 0.3) is 6.08 Å². The first-order valence-electron chi connectivity index (χ1n) is 3.84. The Morgan fingerprint density at radius 3 is 2.92 bits per heavy atom. The highest BCUT2D eigenvalue weighted by molar-refractivity contribution is 5.60. The number of hydrogen-bond acceptors (Lipinski definition) is 2. The van der Waals surface area contributed by atoms with E-state index in [-0.39, 0.29) is 0 Å². The number of nitrogen functional groups attached to an aromatic ring is 1. The summed E-state index contributed by atoms with van der Waals surface area (Å²) in [6, 6.07) is 3.66. The molecule has 0 saturated carbocycles. The van der Waals surface area contributed by atoms with Gasteiger partial charge in [0.05, 0.1) is 11.4 Å². The molecule has 0 unspecified atom stereocenters. The van der Waals surface area contributed by atoms with E-state index in [1.54, 1.807) is 6.20 Å². The van der Waals surface area contributed by atoms with E-state index >= 15 is 0 Å². The molecular weight excluding hydrogens is 148 g/mol. The molecule has 0 aliphatic rings. The Morgan fingerprint density at radius 1 is 1.42 bits per heavy atom. The lowest BCUT2D eigenvalue weighted by Crippen LogP contribution is -1.90. The number of anilines is 1. The second-order valence-corrected chi connectivity index (χ2v) is 2.36. The van der Waals surface area contributed by atoms with E-state index in [9.17, 15) is 0 Å². The molecule has 1 heterocycles. The van der Waals surface area contributed by atoms with Crippen molar-refractivity contribution >= 4 is 11.8 Å². The molecule has 12 heavy (non-hydrogen) atoms. The average Bonchev–Trinajstić information content (AvgIpc) is 2.09. The van der Waals surface area contributed by atoms with Gasteiger partial charge in [-0.05, 0) is 25.1 Å². The van der Waals surface area contributed by atoms with Crippen LogP contribution in [-0.2, 0) is 0 Å². The van der Waals surface area contributed by atoms with E-state index < -0.39 is 0 Å². The van der Waals surface area contributed by atoms with E-state index in [4.69, 9.17) is 5.73 Å². The lowest BCUT2D eigenvalue weighted by molar-refractivity contribution is 1.30. The van der Waals surface area contributed by atoms with Crippen molar-refractivity contribution in [3.8, 4) is 0 Å². The minimum absolute atomic E-state index is 0.707. The second-order valence-electron chi connectivity index (χ2n) is 2.36. The molecule has 0 saturated heterocycles. The maximum Gasteiger partial charge on any atom is 0.0858 e. The van der Waals surface area contributed by atoms with Gasteiger partial charge in [0.15, 0.2) is 0 Å². The first-order chi connectivity index (χ1) is 5.84. The van der Waals surface area contributed by atoms with E-state index in [0.717, 1.165) is 5.69 Å². The van der Waals surface area contributed by atoms with Crippen molar-refractivity contribution in [1.82, 2.24) is 4.98 Å². The van der Waals surface area contributed by atoms with Gasteiger partial charge in [0.25, 0.3) is 0 Å². The number of nitrogens with two attached hydrogens (primary N) is 1. The van der Waals surface area contributed by atoms with E-state index in [2.05, 4.69) is 4.98 Å². The molecule has 1 rings (SSSR count). The van der Waals surface area contributed by atoms with Crippen LogP contribution in [0.3, 0.4) is 0 Å². The van der Waals surface area contributed by atoms with E-state index in [1.165, 1.54) is 0 Å². The third-order valence-electron chi connectivity index (χ3n) is 1.43. The summed E-state index contributed by atoms with van der Waals surface area (Å²) in [6.45, 7) is 1.96. The van der Waals surface area contributed by atoms with Gasteiger partial charge in [0.2, 0.25) is 0 Å². The van der Waals surface area contributed by atoms with Crippen LogP contribution in [0.5, 0.6) is 0 Å². The first kappa shape index (κ1) is 8.53. The fourth-order valence-electron chi connectivity index (χ4n) is 0.827. The summed E-state index contributed by atoms with van der Waals surface area (Å²) < 4.78 is 0. The molecule has 2 heteroatoms. The molecule has 0 aliphatic carbocycles. The van der Waals surface area contributed by atoms with Crippen molar-refractivity contribution < 1.29 is 0 Å². The predicted molar refractivity (Wildman–Crippen MR) is 52.5 cm³/mol. The summed E-state index contributed by atoms with van der Waals surface area (Å²) in [5.41, 5.74) is 7.19. The maximum absolute atomic E-state index is 5.66. The summed E-state index contributed by atoms with van der Waals surface area (Å²) in [7, 11) is 0. The average molecular weight is 160 g/mol. The fourth-order valence-corrected chi connectivity index (χ4v) is 0.827. The Bertz CT molecular complexity index is 300. The zero-order chi connectivity index (χ0) is 8.81. The maximum atomic E-state index is 5.66. The topological polar surface area (TPSA) is 38.9 Å². The van der Waals surface area contributed by atoms with E-state index in [1.807, 2.05) is 43.4 Å². The summed E-state index contributed by atoms with van der Waals surface area (Å²) in [5.74, 6) is 0. The number of rotatable bonds is 2. The predicted octanol–water partition coefficient (Wildman–Crippen LogP) is 2.25. The van der Waals surface area contributed by atoms with Crippen LogP contribution in [0.1, 0.15) is 12.6 Å². The summed E-state index contributed by atoms with van der Waals surface area (Å²) in [5, 5.41) is 0. The molecule has 0 spiro atoms. The Morgan fingerprint density at radius 2 is 2.25 bits per heavy atom. The van der Waals surface area contributed by atoms with Crippen LogP contribution in [0.4, 0.5) is 5.69 Å². The number of aromatic nitrogens is 1. The highest BCUT2D eigenvalue weighted by atomic mass is 14.7. The zero-order valence-corrected chi connectivity index (χ0v) is 7.07. The van der Waals surface area contributed by atoms with Crippen molar-refractivity contribution in [2.75, 3.05) is 5.73 Å². The molecule has 2 nitrogen and oxygen atoms in total. The van der Waals surface area contributed by atoms with Crippen molar-refractivity contribution in [3.63, 3.8) is 0 Å². The third kappa shape index (κ3) is 2.23. The normalized spacial score (nSPS) is 11.4. The highest BCUT2D eigenvalue weighted by Gasteiger charge is 1.90. The van der Waals surface area contributed by atoms with Crippen LogP contribution >= 0.6 is 0 Å². The Kier molecular flexibility index (Phi) is 3.08. The third-order valence-corrected chi connectivity index (χ3v) is 1.43. The molecule has 0 aliphatic heterocycles. The molecule has 0 bridgehead atoms. The minimum atomic E-state index is 0.707.